The van der Waals surface area contributed by atoms with Crippen LogP contribution in [0.2, 0.25) is 10.0 Å². The van der Waals surface area contributed by atoms with E-state index in [9.17, 15) is 18.0 Å². The molecule has 2 rings (SSSR count). The van der Waals surface area contributed by atoms with Crippen molar-refractivity contribution in [1.82, 2.24) is 10.2 Å². The number of hydrogen-bond acceptors (Lipinski definition) is 4. The molecule has 10 heteroatoms. The number of nitrogens with one attached hydrogen (secondary N) is 1. The number of sulfonamides is 1. The third-order valence-corrected chi connectivity index (χ3v) is 6.74. The number of carbonyl (C=O) groups is 2. The van der Waals surface area contributed by atoms with Gasteiger partial charge in [0.05, 0.1) is 22.0 Å². The van der Waals surface area contributed by atoms with Crippen molar-refractivity contribution in [2.45, 2.75) is 33.4 Å². The summed E-state index contributed by atoms with van der Waals surface area (Å²) in [5, 5.41) is 3.14. The van der Waals surface area contributed by atoms with Crippen molar-refractivity contribution < 1.29 is 18.0 Å². The Morgan fingerprint density at radius 3 is 2.22 bits per heavy atom. The van der Waals surface area contributed by atoms with E-state index < -0.39 is 28.5 Å². The third-order valence-electron chi connectivity index (χ3n) is 4.86. The first-order valence-corrected chi connectivity index (χ1v) is 12.6. The number of hydrogen-bond donors (Lipinski definition) is 1. The number of benzene rings is 2. The summed E-state index contributed by atoms with van der Waals surface area (Å²) in [7, 11) is -3.83. The number of rotatable bonds is 9. The predicted molar refractivity (Wildman–Crippen MR) is 129 cm³/mol. The van der Waals surface area contributed by atoms with E-state index in [-0.39, 0.29) is 28.2 Å². The normalized spacial score (nSPS) is 12.2. The Labute approximate surface area is 199 Å². The minimum atomic E-state index is -3.83. The molecule has 0 bridgehead atoms. The summed E-state index contributed by atoms with van der Waals surface area (Å²) in [4.78, 5) is 27.2. The molecule has 7 nitrogen and oxygen atoms in total. The molecule has 1 atom stereocenters. The van der Waals surface area contributed by atoms with Gasteiger partial charge in [-0.2, -0.15) is 0 Å². The molecule has 0 radical (unpaired) electrons. The summed E-state index contributed by atoms with van der Waals surface area (Å²) in [5.41, 5.74) is 2.09. The van der Waals surface area contributed by atoms with Crippen molar-refractivity contribution in [3.05, 3.63) is 63.6 Å². The second-order valence-corrected chi connectivity index (χ2v) is 10.2. The molecule has 2 aromatic rings. The van der Waals surface area contributed by atoms with Crippen molar-refractivity contribution in [1.29, 1.82) is 0 Å². The van der Waals surface area contributed by atoms with Gasteiger partial charge in [-0.25, -0.2) is 8.42 Å². The lowest BCUT2D eigenvalue weighted by molar-refractivity contribution is -0.139. The molecule has 2 aromatic carbocycles. The average Bonchev–Trinajstić information content (AvgIpc) is 2.72. The predicted octanol–water partition coefficient (Wildman–Crippen LogP) is 3.62. The Morgan fingerprint density at radius 2 is 1.69 bits per heavy atom. The Hall–Kier alpha value is -2.29. The van der Waals surface area contributed by atoms with Gasteiger partial charge in [-0.1, -0.05) is 53.0 Å². The fraction of sp³-hybridized carbons (Fsp3) is 0.364. The maximum atomic E-state index is 13.3. The van der Waals surface area contributed by atoms with Crippen molar-refractivity contribution in [3.8, 4) is 0 Å². The molecule has 1 unspecified atom stereocenters. The van der Waals surface area contributed by atoms with E-state index in [4.69, 9.17) is 23.2 Å². The van der Waals surface area contributed by atoms with Crippen LogP contribution in [-0.4, -0.2) is 50.5 Å². The minimum absolute atomic E-state index is 0.149. The largest absolute Gasteiger partial charge is 0.355 e. The van der Waals surface area contributed by atoms with Gasteiger partial charge in [0.2, 0.25) is 21.8 Å². The first-order chi connectivity index (χ1) is 14.9. The highest BCUT2D eigenvalue weighted by Gasteiger charge is 2.30. The average molecular weight is 500 g/mol. The van der Waals surface area contributed by atoms with E-state index in [1.807, 2.05) is 31.2 Å². The summed E-state index contributed by atoms with van der Waals surface area (Å²) in [6.07, 6.45) is 1.00. The van der Waals surface area contributed by atoms with E-state index >= 15 is 0 Å². The molecule has 0 aromatic heterocycles. The zero-order chi connectivity index (χ0) is 24.1. The van der Waals surface area contributed by atoms with Crippen molar-refractivity contribution in [3.63, 3.8) is 0 Å². The number of aryl methyl sites for hydroxylation is 1. The number of nitrogens with zero attached hydrogens (tertiary/aromatic N) is 2. The molecule has 0 fully saturated rings. The second kappa shape index (κ2) is 11.0. The molecule has 0 aliphatic heterocycles. The first kappa shape index (κ1) is 26.0. The van der Waals surface area contributed by atoms with Crippen LogP contribution in [0.25, 0.3) is 0 Å². The minimum Gasteiger partial charge on any atom is -0.355 e. The van der Waals surface area contributed by atoms with Gasteiger partial charge in [0, 0.05) is 13.1 Å². The molecular formula is C22H27Cl2N3O4S. The summed E-state index contributed by atoms with van der Waals surface area (Å²) in [6, 6.07) is 11.1. The van der Waals surface area contributed by atoms with Crippen LogP contribution in [0.15, 0.2) is 42.5 Å². The van der Waals surface area contributed by atoms with Crippen LogP contribution in [0, 0.1) is 6.92 Å². The smallest absolute Gasteiger partial charge is 0.244 e. The van der Waals surface area contributed by atoms with Gasteiger partial charge in [0.1, 0.15) is 12.6 Å². The van der Waals surface area contributed by atoms with Gasteiger partial charge in [-0.05, 0) is 44.5 Å². The fourth-order valence-electron chi connectivity index (χ4n) is 3.05. The van der Waals surface area contributed by atoms with Crippen molar-refractivity contribution in [2.75, 3.05) is 23.7 Å². The van der Waals surface area contributed by atoms with Crippen molar-refractivity contribution >= 4 is 50.7 Å². The van der Waals surface area contributed by atoms with E-state index in [1.165, 1.54) is 23.1 Å². The van der Waals surface area contributed by atoms with Gasteiger partial charge >= 0.3 is 0 Å². The number of carbonyl (C=O) groups excluding carboxylic acids is 2. The van der Waals surface area contributed by atoms with Gasteiger partial charge < -0.3 is 10.2 Å². The highest BCUT2D eigenvalue weighted by atomic mass is 35.5. The quantitative estimate of drug-likeness (QED) is 0.570. The number of anilines is 1. The second-order valence-electron chi connectivity index (χ2n) is 7.45. The zero-order valence-corrected chi connectivity index (χ0v) is 20.8. The van der Waals surface area contributed by atoms with Crippen LogP contribution in [-0.2, 0) is 26.2 Å². The molecule has 0 saturated heterocycles. The molecule has 0 spiro atoms. The molecule has 0 aliphatic carbocycles. The van der Waals surface area contributed by atoms with Gasteiger partial charge in [-0.3, -0.25) is 13.9 Å². The standard InChI is InChI=1S/C22H27Cl2N3O4S/c1-5-25-22(29)16(3)26(13-17-8-6-15(2)7-9-17)21(28)14-27(32(4,30)31)18-10-11-19(23)20(24)12-18/h6-12,16H,5,13-14H2,1-4H3,(H,25,29). The van der Waals surface area contributed by atoms with Crippen LogP contribution < -0.4 is 9.62 Å². The summed E-state index contributed by atoms with van der Waals surface area (Å²) in [6.45, 7) is 5.41. The summed E-state index contributed by atoms with van der Waals surface area (Å²) < 4.78 is 25.9. The van der Waals surface area contributed by atoms with Crippen molar-refractivity contribution in [2.24, 2.45) is 0 Å². The molecule has 1 N–H and O–H groups in total. The summed E-state index contributed by atoms with van der Waals surface area (Å²) >= 11 is 12.0. The number of halogens is 2. The maximum Gasteiger partial charge on any atom is 0.244 e. The molecule has 2 amide bonds. The maximum absolute atomic E-state index is 13.3. The fourth-order valence-corrected chi connectivity index (χ4v) is 4.18. The highest BCUT2D eigenvalue weighted by molar-refractivity contribution is 7.92. The molecule has 174 valence electrons. The lowest BCUT2D eigenvalue weighted by Crippen LogP contribution is -2.51. The topological polar surface area (TPSA) is 86.8 Å². The lowest BCUT2D eigenvalue weighted by Gasteiger charge is -2.31. The van der Waals surface area contributed by atoms with Crippen LogP contribution in [0.1, 0.15) is 25.0 Å². The Morgan fingerprint density at radius 1 is 1.06 bits per heavy atom. The molecule has 0 heterocycles. The SMILES string of the molecule is CCNC(=O)C(C)N(Cc1ccc(C)cc1)C(=O)CN(c1ccc(Cl)c(Cl)c1)S(C)(=O)=O. The molecule has 0 aliphatic rings. The number of likely N-dealkylation sites (N-methyl/N-ethyl adjacent to an activating group) is 1. The Balaban J connectivity index is 2.39. The Bertz CT molecular complexity index is 1080. The lowest BCUT2D eigenvalue weighted by atomic mass is 10.1. The Kier molecular flexibility index (Phi) is 8.95. The van der Waals surface area contributed by atoms with Gasteiger partial charge in [0.25, 0.3) is 0 Å². The van der Waals surface area contributed by atoms with Gasteiger partial charge in [0.15, 0.2) is 0 Å². The van der Waals surface area contributed by atoms with Crippen LogP contribution in [0.5, 0.6) is 0 Å². The van der Waals surface area contributed by atoms with E-state index in [2.05, 4.69) is 5.32 Å². The monoisotopic (exact) mass is 499 g/mol. The number of amides is 2. The van der Waals surface area contributed by atoms with E-state index in [1.54, 1.807) is 13.8 Å². The molecule has 32 heavy (non-hydrogen) atoms. The van der Waals surface area contributed by atoms with E-state index in [0.717, 1.165) is 21.7 Å². The van der Waals surface area contributed by atoms with Crippen LogP contribution in [0.3, 0.4) is 0 Å². The van der Waals surface area contributed by atoms with Gasteiger partial charge in [-0.15, -0.1) is 0 Å². The van der Waals surface area contributed by atoms with E-state index in [0.29, 0.717) is 6.54 Å². The third kappa shape index (κ3) is 6.85. The van der Waals surface area contributed by atoms with Crippen LogP contribution >= 0.6 is 23.2 Å². The zero-order valence-electron chi connectivity index (χ0n) is 18.4. The summed E-state index contributed by atoms with van der Waals surface area (Å²) in [5.74, 6) is -0.853. The molecular weight excluding hydrogens is 473 g/mol. The first-order valence-electron chi connectivity index (χ1n) is 9.99. The molecule has 0 saturated carbocycles. The highest BCUT2D eigenvalue weighted by Crippen LogP contribution is 2.28. The van der Waals surface area contributed by atoms with Crippen LogP contribution in [0.4, 0.5) is 5.69 Å².